The molecule has 3 heterocycles. The molecule has 2 aliphatic heterocycles. The summed E-state index contributed by atoms with van der Waals surface area (Å²) in [5.41, 5.74) is 4.47. The SMILES string of the molecule is Fc1ccc2c(C3CCN(CCN4CCCc5ccccc54)CC3)noc2c1.O=C(O)C=CC(=O)O. The zero-order valence-corrected chi connectivity index (χ0v) is 20.0. The topological polar surface area (TPSA) is 107 Å². The minimum Gasteiger partial charge on any atom is -0.478 e. The van der Waals surface area contributed by atoms with Gasteiger partial charge >= 0.3 is 11.9 Å². The van der Waals surface area contributed by atoms with E-state index < -0.39 is 11.9 Å². The molecule has 2 N–H and O–H groups in total. The van der Waals surface area contributed by atoms with Gasteiger partial charge in [-0.2, -0.15) is 0 Å². The maximum atomic E-state index is 13.4. The van der Waals surface area contributed by atoms with Gasteiger partial charge in [-0.15, -0.1) is 0 Å². The third-order valence-electron chi connectivity index (χ3n) is 6.70. The number of carbonyl (C=O) groups is 2. The van der Waals surface area contributed by atoms with Crippen LogP contribution in [-0.2, 0) is 16.0 Å². The molecular weight excluding hydrogens is 465 g/mol. The number of nitrogens with zero attached hydrogens (tertiary/aromatic N) is 3. The van der Waals surface area contributed by atoms with Crippen LogP contribution in [-0.4, -0.2) is 64.9 Å². The highest BCUT2D eigenvalue weighted by Gasteiger charge is 2.26. The summed E-state index contributed by atoms with van der Waals surface area (Å²) in [6, 6.07) is 13.6. The summed E-state index contributed by atoms with van der Waals surface area (Å²) in [6.45, 7) is 5.51. The molecule has 8 nitrogen and oxygen atoms in total. The van der Waals surface area contributed by atoms with Crippen molar-refractivity contribution in [1.82, 2.24) is 10.1 Å². The molecule has 190 valence electrons. The van der Waals surface area contributed by atoms with Gasteiger partial charge in [0.05, 0.1) is 5.69 Å². The molecule has 2 aromatic carbocycles. The predicted octanol–water partition coefficient (Wildman–Crippen LogP) is 4.31. The quantitative estimate of drug-likeness (QED) is 0.487. The molecule has 0 aliphatic carbocycles. The van der Waals surface area contributed by atoms with Gasteiger partial charge in [-0.1, -0.05) is 23.4 Å². The first-order valence-corrected chi connectivity index (χ1v) is 12.1. The number of halogens is 1. The number of hydrogen-bond acceptors (Lipinski definition) is 6. The minimum atomic E-state index is -1.26. The van der Waals surface area contributed by atoms with Crippen LogP contribution < -0.4 is 4.90 Å². The number of hydrogen-bond donors (Lipinski definition) is 2. The third kappa shape index (κ3) is 6.48. The molecule has 2 aliphatic rings. The Hall–Kier alpha value is -3.72. The van der Waals surface area contributed by atoms with Crippen LogP contribution >= 0.6 is 0 Å². The smallest absolute Gasteiger partial charge is 0.328 e. The lowest BCUT2D eigenvalue weighted by atomic mass is 9.91. The van der Waals surface area contributed by atoms with Crippen LogP contribution in [0.3, 0.4) is 0 Å². The standard InChI is InChI=1S/C23H26FN3O.C4H4O4/c24-19-7-8-20-22(16-19)28-25-23(20)18-9-12-26(13-10-18)14-15-27-11-3-5-17-4-1-2-6-21(17)27;5-3(6)1-2-4(7)8/h1-2,4,6-8,16,18H,3,5,9-15H2;1-2H,(H,5,6)(H,7,8). The number of benzene rings is 2. The first-order valence-electron chi connectivity index (χ1n) is 12.1. The third-order valence-corrected chi connectivity index (χ3v) is 6.70. The van der Waals surface area contributed by atoms with Gasteiger partial charge in [0.15, 0.2) is 5.58 Å². The van der Waals surface area contributed by atoms with Crippen LogP contribution in [0.2, 0.25) is 0 Å². The van der Waals surface area contributed by atoms with E-state index in [4.69, 9.17) is 14.7 Å². The van der Waals surface area contributed by atoms with E-state index in [2.05, 4.69) is 39.2 Å². The molecule has 5 rings (SSSR count). The van der Waals surface area contributed by atoms with Crippen molar-refractivity contribution in [3.05, 3.63) is 71.7 Å². The van der Waals surface area contributed by atoms with Gasteiger partial charge in [0, 0.05) is 54.8 Å². The second kappa shape index (κ2) is 11.8. The van der Waals surface area contributed by atoms with Crippen LogP contribution in [0.4, 0.5) is 10.1 Å². The van der Waals surface area contributed by atoms with E-state index in [0.29, 0.717) is 23.7 Å². The second-order valence-electron chi connectivity index (χ2n) is 9.05. The number of piperidine rings is 1. The Morgan fingerprint density at radius 1 is 1.03 bits per heavy atom. The number of fused-ring (bicyclic) bond motifs is 2. The fourth-order valence-corrected chi connectivity index (χ4v) is 4.90. The lowest BCUT2D eigenvalue weighted by Gasteiger charge is -2.36. The Balaban J connectivity index is 0.000000331. The Morgan fingerprint density at radius 2 is 1.75 bits per heavy atom. The summed E-state index contributed by atoms with van der Waals surface area (Å²) in [5, 5.41) is 20.8. The number of anilines is 1. The highest BCUT2D eigenvalue weighted by Crippen LogP contribution is 2.33. The number of rotatable bonds is 6. The first-order chi connectivity index (χ1) is 17.4. The molecule has 0 bridgehead atoms. The van der Waals surface area contributed by atoms with Crippen molar-refractivity contribution >= 4 is 28.6 Å². The van der Waals surface area contributed by atoms with Gasteiger partial charge in [-0.25, -0.2) is 14.0 Å². The molecule has 1 fully saturated rings. The van der Waals surface area contributed by atoms with Crippen molar-refractivity contribution in [3.63, 3.8) is 0 Å². The van der Waals surface area contributed by atoms with Crippen molar-refractivity contribution in [2.75, 3.05) is 37.6 Å². The Bertz CT molecular complexity index is 1220. The summed E-state index contributed by atoms with van der Waals surface area (Å²) in [4.78, 5) is 24.2. The molecule has 0 unspecified atom stereocenters. The maximum Gasteiger partial charge on any atom is 0.328 e. The van der Waals surface area contributed by atoms with E-state index in [1.165, 1.54) is 36.2 Å². The molecular formula is C27H30FN3O5. The summed E-state index contributed by atoms with van der Waals surface area (Å²) in [7, 11) is 0. The Labute approximate surface area is 208 Å². The van der Waals surface area contributed by atoms with E-state index in [0.717, 1.165) is 56.6 Å². The molecule has 3 aromatic rings. The molecule has 0 radical (unpaired) electrons. The van der Waals surface area contributed by atoms with E-state index in [9.17, 15) is 14.0 Å². The van der Waals surface area contributed by atoms with Crippen molar-refractivity contribution in [2.45, 2.75) is 31.6 Å². The minimum absolute atomic E-state index is 0.274. The zero-order valence-electron chi connectivity index (χ0n) is 20.0. The molecule has 0 atom stereocenters. The lowest BCUT2D eigenvalue weighted by molar-refractivity contribution is -0.134. The largest absolute Gasteiger partial charge is 0.478 e. The van der Waals surface area contributed by atoms with Gasteiger partial charge < -0.3 is 24.5 Å². The van der Waals surface area contributed by atoms with E-state index in [1.807, 2.05) is 0 Å². The molecule has 36 heavy (non-hydrogen) atoms. The highest BCUT2D eigenvalue weighted by atomic mass is 19.1. The number of aryl methyl sites for hydroxylation is 1. The maximum absolute atomic E-state index is 13.4. The molecule has 0 spiro atoms. The van der Waals surface area contributed by atoms with Crippen LogP contribution in [0, 0.1) is 5.82 Å². The summed E-state index contributed by atoms with van der Waals surface area (Å²) in [6.07, 6.45) is 5.72. The Kier molecular flexibility index (Phi) is 8.32. The lowest BCUT2D eigenvalue weighted by Crippen LogP contribution is -2.41. The van der Waals surface area contributed by atoms with Crippen molar-refractivity contribution in [3.8, 4) is 0 Å². The number of aromatic nitrogens is 1. The van der Waals surface area contributed by atoms with Crippen molar-refractivity contribution in [2.24, 2.45) is 0 Å². The zero-order chi connectivity index (χ0) is 25.5. The molecule has 9 heteroatoms. The highest BCUT2D eigenvalue weighted by molar-refractivity contribution is 5.89. The van der Waals surface area contributed by atoms with Gasteiger partial charge in [0.1, 0.15) is 5.82 Å². The molecule has 1 aromatic heterocycles. The average Bonchev–Trinajstić information content (AvgIpc) is 3.30. The van der Waals surface area contributed by atoms with E-state index >= 15 is 0 Å². The van der Waals surface area contributed by atoms with E-state index in [-0.39, 0.29) is 5.82 Å². The first kappa shape index (κ1) is 25.4. The average molecular weight is 496 g/mol. The number of carboxylic acid groups (broad SMARTS) is 2. The van der Waals surface area contributed by atoms with E-state index in [1.54, 1.807) is 6.07 Å². The molecule has 0 saturated carbocycles. The van der Waals surface area contributed by atoms with Crippen molar-refractivity contribution in [1.29, 1.82) is 0 Å². The van der Waals surface area contributed by atoms with Crippen LogP contribution in [0.15, 0.2) is 59.1 Å². The van der Waals surface area contributed by atoms with Crippen LogP contribution in [0.5, 0.6) is 0 Å². The van der Waals surface area contributed by atoms with Gasteiger partial charge in [0.2, 0.25) is 0 Å². The summed E-state index contributed by atoms with van der Waals surface area (Å²) >= 11 is 0. The van der Waals surface area contributed by atoms with Gasteiger partial charge in [-0.05, 0) is 62.5 Å². The van der Waals surface area contributed by atoms with Crippen LogP contribution in [0.1, 0.15) is 36.4 Å². The monoisotopic (exact) mass is 495 g/mol. The van der Waals surface area contributed by atoms with Gasteiger partial charge in [0.25, 0.3) is 0 Å². The summed E-state index contributed by atoms with van der Waals surface area (Å²) in [5.74, 6) is -2.39. The fourth-order valence-electron chi connectivity index (χ4n) is 4.90. The number of para-hydroxylation sites is 1. The van der Waals surface area contributed by atoms with Crippen LogP contribution in [0.25, 0.3) is 11.0 Å². The predicted molar refractivity (Wildman–Crippen MR) is 134 cm³/mol. The molecule has 0 amide bonds. The Morgan fingerprint density at radius 3 is 2.47 bits per heavy atom. The van der Waals surface area contributed by atoms with Gasteiger partial charge in [-0.3, -0.25) is 0 Å². The number of carboxylic acids is 2. The fraction of sp³-hybridized carbons (Fsp3) is 0.370. The number of aliphatic carboxylic acids is 2. The normalized spacial score (nSPS) is 16.5. The molecule has 1 saturated heterocycles. The number of likely N-dealkylation sites (tertiary alicyclic amines) is 1. The second-order valence-corrected chi connectivity index (χ2v) is 9.05. The summed E-state index contributed by atoms with van der Waals surface area (Å²) < 4.78 is 18.7. The van der Waals surface area contributed by atoms with Crippen molar-refractivity contribution < 1.29 is 28.7 Å².